The molecule has 9 rings (SSSR count). The minimum absolute atomic E-state index is 0.848. The summed E-state index contributed by atoms with van der Waals surface area (Å²) >= 11 is 0. The van der Waals surface area contributed by atoms with E-state index in [-0.39, 0.29) is 0 Å². The van der Waals surface area contributed by atoms with E-state index in [2.05, 4.69) is 185 Å². The highest BCUT2D eigenvalue weighted by molar-refractivity contribution is 6.08. The molecule has 0 saturated heterocycles. The van der Waals surface area contributed by atoms with Crippen LogP contribution in [0.2, 0.25) is 0 Å². The number of furan rings is 1. The molecule has 0 aliphatic heterocycles. The number of fused-ring (bicyclic) bond motifs is 3. The third-order valence-corrected chi connectivity index (χ3v) is 10.6. The van der Waals surface area contributed by atoms with Crippen LogP contribution in [0.5, 0.6) is 0 Å². The van der Waals surface area contributed by atoms with Crippen LogP contribution in [0.15, 0.2) is 162 Å². The second-order valence-corrected chi connectivity index (χ2v) is 13.9. The molecule has 6 aromatic carbocycles. The Labute approximate surface area is 310 Å². The molecule has 0 atom stereocenters. The highest BCUT2D eigenvalue weighted by Gasteiger charge is 2.21. The molecule has 3 heteroatoms. The molecule has 3 nitrogen and oxygen atoms in total. The van der Waals surface area contributed by atoms with Crippen molar-refractivity contribution in [2.75, 3.05) is 0 Å². The lowest BCUT2D eigenvalue weighted by Crippen LogP contribution is -2.00. The summed E-state index contributed by atoms with van der Waals surface area (Å²) in [5.41, 5.74) is 19.4. The number of hydrogen-bond donors (Lipinski definition) is 0. The first-order valence-electron chi connectivity index (χ1n) is 18.2. The van der Waals surface area contributed by atoms with Gasteiger partial charge in [0, 0.05) is 33.0 Å². The highest BCUT2D eigenvalue weighted by Crippen LogP contribution is 2.42. The second-order valence-electron chi connectivity index (χ2n) is 13.9. The minimum atomic E-state index is 0.848. The Bertz CT molecular complexity index is 2590. The highest BCUT2D eigenvalue weighted by atomic mass is 16.3. The molecule has 0 radical (unpaired) electrons. The van der Waals surface area contributed by atoms with E-state index in [1.54, 1.807) is 0 Å². The van der Waals surface area contributed by atoms with Gasteiger partial charge in [0.1, 0.15) is 11.2 Å². The fraction of sp³-hybridized carbons (Fsp3) is 0.0800. The topological polar surface area (TPSA) is 38.9 Å². The first kappa shape index (κ1) is 32.3. The van der Waals surface area contributed by atoms with E-state index >= 15 is 0 Å². The third kappa shape index (κ3) is 5.62. The van der Waals surface area contributed by atoms with Crippen LogP contribution in [0, 0.1) is 27.7 Å². The number of rotatable bonds is 6. The van der Waals surface area contributed by atoms with Gasteiger partial charge in [-0.05, 0) is 109 Å². The van der Waals surface area contributed by atoms with E-state index in [4.69, 9.17) is 14.4 Å². The standard InChI is InChI=1S/C50H38N2O/c1-31-45(35-17-9-5-10-18-35)33(3)49(51-47(31)37-21-13-7-14-22-37)39-25-27-43-41(29-39)42-30-40(26-28-44(42)53-43)50-34(4)46(36-19-11-6-12-20-36)32(2)48(52-50)38-23-15-8-16-24-38/h5-30H,1-4H3. The third-order valence-electron chi connectivity index (χ3n) is 10.6. The van der Waals surface area contributed by atoms with Gasteiger partial charge in [0.25, 0.3) is 0 Å². The van der Waals surface area contributed by atoms with Crippen LogP contribution < -0.4 is 0 Å². The molecule has 53 heavy (non-hydrogen) atoms. The maximum absolute atomic E-state index is 6.46. The van der Waals surface area contributed by atoms with Gasteiger partial charge in [-0.2, -0.15) is 0 Å². The number of pyridine rings is 2. The van der Waals surface area contributed by atoms with Gasteiger partial charge in [0.15, 0.2) is 0 Å². The lowest BCUT2D eigenvalue weighted by molar-refractivity contribution is 0.669. The first-order valence-corrected chi connectivity index (χ1v) is 18.2. The Hall–Kier alpha value is -6.58. The summed E-state index contributed by atoms with van der Waals surface area (Å²) in [6.45, 7) is 8.78. The van der Waals surface area contributed by atoms with Crippen molar-refractivity contribution in [3.05, 3.63) is 180 Å². The first-order chi connectivity index (χ1) is 26.0. The van der Waals surface area contributed by atoms with Crippen molar-refractivity contribution >= 4 is 21.9 Å². The molecule has 0 aliphatic rings. The maximum atomic E-state index is 6.46. The van der Waals surface area contributed by atoms with Crippen molar-refractivity contribution in [3.8, 4) is 67.3 Å². The molecule has 0 spiro atoms. The van der Waals surface area contributed by atoms with Gasteiger partial charge in [0.2, 0.25) is 0 Å². The molecule has 0 bridgehead atoms. The quantitative estimate of drug-likeness (QED) is 0.175. The summed E-state index contributed by atoms with van der Waals surface area (Å²) in [4.78, 5) is 10.8. The Kier molecular flexibility index (Phi) is 8.05. The molecule has 3 aromatic heterocycles. The van der Waals surface area contributed by atoms with Crippen molar-refractivity contribution in [2.24, 2.45) is 0 Å². The van der Waals surface area contributed by atoms with E-state index in [1.807, 2.05) is 0 Å². The predicted molar refractivity (Wildman–Crippen MR) is 221 cm³/mol. The monoisotopic (exact) mass is 682 g/mol. The van der Waals surface area contributed by atoms with Crippen LogP contribution in [0.3, 0.4) is 0 Å². The molecule has 0 saturated carbocycles. The Morgan fingerprint density at radius 1 is 0.321 bits per heavy atom. The minimum Gasteiger partial charge on any atom is -0.456 e. The van der Waals surface area contributed by atoms with Crippen molar-refractivity contribution in [2.45, 2.75) is 27.7 Å². The van der Waals surface area contributed by atoms with E-state index in [9.17, 15) is 0 Å². The molecule has 0 aliphatic carbocycles. The van der Waals surface area contributed by atoms with Gasteiger partial charge in [-0.3, -0.25) is 0 Å². The summed E-state index contributed by atoms with van der Waals surface area (Å²) in [5, 5.41) is 2.11. The van der Waals surface area contributed by atoms with Gasteiger partial charge < -0.3 is 4.42 Å². The fourth-order valence-corrected chi connectivity index (χ4v) is 8.06. The summed E-state index contributed by atoms with van der Waals surface area (Å²) in [7, 11) is 0. The lowest BCUT2D eigenvalue weighted by Gasteiger charge is -2.19. The molecular formula is C50H38N2O. The lowest BCUT2D eigenvalue weighted by atomic mass is 9.89. The summed E-state index contributed by atoms with van der Waals surface area (Å²) in [6.07, 6.45) is 0. The van der Waals surface area contributed by atoms with Crippen molar-refractivity contribution in [1.29, 1.82) is 0 Å². The van der Waals surface area contributed by atoms with Gasteiger partial charge in [0.05, 0.1) is 22.8 Å². The molecule has 0 amide bonds. The zero-order chi connectivity index (χ0) is 36.1. The van der Waals surface area contributed by atoms with Gasteiger partial charge >= 0.3 is 0 Å². The average molecular weight is 683 g/mol. The largest absolute Gasteiger partial charge is 0.456 e. The van der Waals surface area contributed by atoms with Crippen molar-refractivity contribution in [3.63, 3.8) is 0 Å². The van der Waals surface area contributed by atoms with E-state index in [1.165, 1.54) is 33.4 Å². The van der Waals surface area contributed by atoms with Crippen LogP contribution in [0.4, 0.5) is 0 Å². The number of aromatic nitrogens is 2. The van der Waals surface area contributed by atoms with Crippen molar-refractivity contribution in [1.82, 2.24) is 9.97 Å². The molecular weight excluding hydrogens is 645 g/mol. The van der Waals surface area contributed by atoms with E-state index in [0.29, 0.717) is 0 Å². The number of hydrogen-bond acceptors (Lipinski definition) is 3. The molecule has 3 heterocycles. The zero-order valence-electron chi connectivity index (χ0n) is 30.3. The van der Waals surface area contributed by atoms with Crippen LogP contribution in [0.1, 0.15) is 22.3 Å². The smallest absolute Gasteiger partial charge is 0.135 e. The number of nitrogens with zero attached hydrogens (tertiary/aromatic N) is 2. The molecule has 0 N–H and O–H groups in total. The normalized spacial score (nSPS) is 11.4. The van der Waals surface area contributed by atoms with Crippen LogP contribution in [-0.2, 0) is 0 Å². The summed E-state index contributed by atoms with van der Waals surface area (Å²) in [6, 6.07) is 55.3. The van der Waals surface area contributed by atoms with Crippen molar-refractivity contribution < 1.29 is 4.42 Å². The van der Waals surface area contributed by atoms with Gasteiger partial charge in [-0.15, -0.1) is 0 Å². The number of benzene rings is 6. The zero-order valence-corrected chi connectivity index (χ0v) is 30.3. The van der Waals surface area contributed by atoms with Crippen LogP contribution in [0.25, 0.3) is 89.2 Å². The molecule has 0 unspecified atom stereocenters. The van der Waals surface area contributed by atoms with E-state index in [0.717, 1.165) is 78.1 Å². The maximum Gasteiger partial charge on any atom is 0.135 e. The van der Waals surface area contributed by atoms with E-state index < -0.39 is 0 Å². The Morgan fingerprint density at radius 3 is 0.962 bits per heavy atom. The van der Waals surface area contributed by atoms with Gasteiger partial charge in [-0.1, -0.05) is 121 Å². The summed E-state index contributed by atoms with van der Waals surface area (Å²) in [5.74, 6) is 0. The molecule has 9 aromatic rings. The summed E-state index contributed by atoms with van der Waals surface area (Å²) < 4.78 is 6.46. The molecule has 0 fully saturated rings. The van der Waals surface area contributed by atoms with Gasteiger partial charge in [-0.25, -0.2) is 9.97 Å². The second kappa shape index (κ2) is 13.2. The predicted octanol–water partition coefficient (Wildman–Crippen LogP) is 13.6. The fourth-order valence-electron chi connectivity index (χ4n) is 8.06. The SMILES string of the molecule is Cc1c(-c2ccccc2)nc(-c2ccc3oc4ccc(-c5nc(-c6ccccc6)c(C)c(-c6ccccc6)c5C)cc4c3c2)c(C)c1-c1ccccc1. The van der Waals surface area contributed by atoms with Crippen LogP contribution in [-0.4, -0.2) is 9.97 Å². The van der Waals surface area contributed by atoms with Crippen LogP contribution >= 0.6 is 0 Å². The Balaban J connectivity index is 1.25. The molecule has 254 valence electrons. The Morgan fingerprint density at radius 2 is 0.623 bits per heavy atom. The average Bonchev–Trinajstić information content (AvgIpc) is 3.57.